The van der Waals surface area contributed by atoms with Gasteiger partial charge in [0.15, 0.2) is 0 Å². The molecule has 3 heteroatoms. The summed E-state index contributed by atoms with van der Waals surface area (Å²) in [7, 11) is 0. The van der Waals surface area contributed by atoms with Crippen LogP contribution in [0, 0.1) is 5.92 Å². The van der Waals surface area contributed by atoms with Crippen LogP contribution in [0.4, 0.5) is 0 Å². The average Bonchev–Trinajstić information content (AvgIpc) is 2.88. The maximum atomic E-state index is 12.3. The molecule has 2 rings (SSSR count). The van der Waals surface area contributed by atoms with Crippen LogP contribution in [-0.4, -0.2) is 23.7 Å². The fourth-order valence-corrected chi connectivity index (χ4v) is 2.56. The second-order valence-corrected chi connectivity index (χ2v) is 5.05. The number of rotatable bonds is 5. The van der Waals surface area contributed by atoms with E-state index in [-0.39, 0.29) is 30.4 Å². The molecule has 1 aromatic rings. The molecule has 0 heterocycles. The number of aliphatic hydroxyl groups excluding tert-OH is 1. The van der Waals surface area contributed by atoms with E-state index in [0.29, 0.717) is 0 Å². The van der Waals surface area contributed by atoms with Crippen molar-refractivity contribution in [2.75, 3.05) is 6.61 Å². The van der Waals surface area contributed by atoms with Gasteiger partial charge in [-0.25, -0.2) is 0 Å². The number of hydrogen-bond acceptors (Lipinski definition) is 2. The molecule has 2 N–H and O–H groups in total. The Bertz CT molecular complexity index is 441. The SMILES string of the molecule is CCC(C(=O)N[C@@H]1C=C[C@H](CO)C1)c1ccccc1. The second kappa shape index (κ2) is 6.53. The molecule has 0 fully saturated rings. The van der Waals surface area contributed by atoms with Crippen molar-refractivity contribution in [3.8, 4) is 0 Å². The monoisotopic (exact) mass is 259 g/mol. The van der Waals surface area contributed by atoms with Crippen molar-refractivity contribution in [3.05, 3.63) is 48.0 Å². The first-order valence-corrected chi connectivity index (χ1v) is 6.89. The molecule has 3 atom stereocenters. The molecule has 0 aliphatic heterocycles. The summed E-state index contributed by atoms with van der Waals surface area (Å²) in [6.45, 7) is 2.18. The highest BCUT2D eigenvalue weighted by molar-refractivity contribution is 5.84. The Balaban J connectivity index is 1.97. The van der Waals surface area contributed by atoms with Gasteiger partial charge in [-0.3, -0.25) is 4.79 Å². The van der Waals surface area contributed by atoms with Crippen LogP contribution in [-0.2, 0) is 4.79 Å². The molecule has 3 nitrogen and oxygen atoms in total. The minimum atomic E-state index is -0.0947. The van der Waals surface area contributed by atoms with Crippen LogP contribution in [0.3, 0.4) is 0 Å². The van der Waals surface area contributed by atoms with E-state index in [0.717, 1.165) is 18.4 Å². The topological polar surface area (TPSA) is 49.3 Å². The third-order valence-corrected chi connectivity index (χ3v) is 3.66. The largest absolute Gasteiger partial charge is 0.396 e. The molecule has 19 heavy (non-hydrogen) atoms. The Hall–Kier alpha value is -1.61. The van der Waals surface area contributed by atoms with Crippen LogP contribution in [0.2, 0.25) is 0 Å². The minimum absolute atomic E-state index is 0.0578. The normalized spacial score (nSPS) is 23.3. The van der Waals surface area contributed by atoms with E-state index in [1.807, 2.05) is 49.4 Å². The third-order valence-electron chi connectivity index (χ3n) is 3.66. The summed E-state index contributed by atoms with van der Waals surface area (Å²) in [5.41, 5.74) is 1.06. The number of nitrogens with one attached hydrogen (secondary N) is 1. The predicted molar refractivity (Wildman–Crippen MR) is 75.7 cm³/mol. The first-order chi connectivity index (χ1) is 9.24. The summed E-state index contributed by atoms with van der Waals surface area (Å²) in [6.07, 6.45) is 5.55. The molecule has 1 aliphatic carbocycles. The number of carbonyl (C=O) groups is 1. The molecular weight excluding hydrogens is 238 g/mol. The highest BCUT2D eigenvalue weighted by atomic mass is 16.3. The van der Waals surface area contributed by atoms with E-state index in [1.165, 1.54) is 0 Å². The van der Waals surface area contributed by atoms with E-state index >= 15 is 0 Å². The molecule has 0 radical (unpaired) electrons. The van der Waals surface area contributed by atoms with Gasteiger partial charge < -0.3 is 10.4 Å². The van der Waals surface area contributed by atoms with E-state index in [9.17, 15) is 4.79 Å². The standard InChI is InChI=1S/C16H21NO2/c1-2-15(13-6-4-3-5-7-13)16(19)17-14-9-8-12(10-14)11-18/h3-9,12,14-15,18H,2,10-11H2,1H3,(H,17,19)/t12-,14+,15?/m0/s1. The van der Waals surface area contributed by atoms with Crippen molar-refractivity contribution >= 4 is 5.91 Å². The summed E-state index contributed by atoms with van der Waals surface area (Å²) in [5.74, 6) is 0.159. The summed E-state index contributed by atoms with van der Waals surface area (Å²) in [6, 6.07) is 9.93. The quantitative estimate of drug-likeness (QED) is 0.797. The smallest absolute Gasteiger partial charge is 0.227 e. The highest BCUT2D eigenvalue weighted by Gasteiger charge is 2.24. The van der Waals surface area contributed by atoms with Crippen LogP contribution < -0.4 is 5.32 Å². The Labute approximate surface area is 114 Å². The van der Waals surface area contributed by atoms with Crippen LogP contribution in [0.25, 0.3) is 0 Å². The number of amides is 1. The van der Waals surface area contributed by atoms with Crippen molar-refractivity contribution in [3.63, 3.8) is 0 Å². The highest BCUT2D eigenvalue weighted by Crippen LogP contribution is 2.22. The lowest BCUT2D eigenvalue weighted by Gasteiger charge is -2.19. The predicted octanol–water partition coefficient (Wildman–Crippen LogP) is 2.23. The molecule has 0 saturated heterocycles. The molecule has 1 amide bonds. The van der Waals surface area contributed by atoms with E-state index in [1.54, 1.807) is 0 Å². The first-order valence-electron chi connectivity index (χ1n) is 6.89. The molecule has 0 bridgehead atoms. The maximum Gasteiger partial charge on any atom is 0.227 e. The van der Waals surface area contributed by atoms with Crippen LogP contribution in [0.15, 0.2) is 42.5 Å². The van der Waals surface area contributed by atoms with Crippen molar-refractivity contribution in [1.82, 2.24) is 5.32 Å². The van der Waals surface area contributed by atoms with Crippen LogP contribution in [0.1, 0.15) is 31.2 Å². The van der Waals surface area contributed by atoms with Crippen molar-refractivity contribution in [1.29, 1.82) is 0 Å². The Kier molecular flexibility index (Phi) is 4.74. The lowest BCUT2D eigenvalue weighted by Crippen LogP contribution is -2.36. The summed E-state index contributed by atoms with van der Waals surface area (Å²) < 4.78 is 0. The molecule has 0 spiro atoms. The minimum Gasteiger partial charge on any atom is -0.396 e. The molecular formula is C16H21NO2. The lowest BCUT2D eigenvalue weighted by atomic mass is 9.95. The van der Waals surface area contributed by atoms with Gasteiger partial charge in [0.25, 0.3) is 0 Å². The molecule has 0 aromatic heterocycles. The van der Waals surface area contributed by atoms with Crippen LogP contribution >= 0.6 is 0 Å². The van der Waals surface area contributed by atoms with E-state index in [2.05, 4.69) is 5.32 Å². The van der Waals surface area contributed by atoms with Gasteiger partial charge in [-0.05, 0) is 18.4 Å². The van der Waals surface area contributed by atoms with Gasteiger partial charge in [0.05, 0.1) is 5.92 Å². The molecule has 102 valence electrons. The summed E-state index contributed by atoms with van der Waals surface area (Å²) in [5, 5.41) is 12.1. The van der Waals surface area contributed by atoms with Crippen LogP contribution in [0.5, 0.6) is 0 Å². The lowest BCUT2D eigenvalue weighted by molar-refractivity contribution is -0.123. The van der Waals surface area contributed by atoms with Gasteiger partial charge in [-0.2, -0.15) is 0 Å². The fraction of sp³-hybridized carbons (Fsp3) is 0.438. The number of carbonyl (C=O) groups excluding carboxylic acids is 1. The van der Waals surface area contributed by atoms with E-state index in [4.69, 9.17) is 5.11 Å². The molecule has 1 aromatic carbocycles. The third kappa shape index (κ3) is 3.44. The summed E-state index contributed by atoms with van der Waals surface area (Å²) >= 11 is 0. The zero-order valence-corrected chi connectivity index (χ0v) is 11.3. The number of aliphatic hydroxyl groups is 1. The van der Waals surface area contributed by atoms with Crippen molar-refractivity contribution < 1.29 is 9.90 Å². The van der Waals surface area contributed by atoms with Crippen molar-refractivity contribution in [2.45, 2.75) is 31.7 Å². The van der Waals surface area contributed by atoms with Gasteiger partial charge in [-0.15, -0.1) is 0 Å². The second-order valence-electron chi connectivity index (χ2n) is 5.05. The zero-order chi connectivity index (χ0) is 13.7. The maximum absolute atomic E-state index is 12.3. The Morgan fingerprint density at radius 1 is 1.37 bits per heavy atom. The van der Waals surface area contributed by atoms with Gasteiger partial charge in [0.2, 0.25) is 5.91 Å². The first kappa shape index (κ1) is 13.8. The molecule has 0 saturated carbocycles. The van der Waals surface area contributed by atoms with Gasteiger partial charge >= 0.3 is 0 Å². The fourth-order valence-electron chi connectivity index (χ4n) is 2.56. The Morgan fingerprint density at radius 3 is 2.68 bits per heavy atom. The summed E-state index contributed by atoms with van der Waals surface area (Å²) in [4.78, 5) is 12.3. The number of hydrogen-bond donors (Lipinski definition) is 2. The zero-order valence-electron chi connectivity index (χ0n) is 11.3. The molecule has 1 unspecified atom stereocenters. The molecule has 1 aliphatic rings. The number of benzene rings is 1. The van der Waals surface area contributed by atoms with Crippen molar-refractivity contribution in [2.24, 2.45) is 5.92 Å². The van der Waals surface area contributed by atoms with E-state index < -0.39 is 0 Å². The van der Waals surface area contributed by atoms with Gasteiger partial charge in [0, 0.05) is 18.6 Å². The van der Waals surface area contributed by atoms with Gasteiger partial charge in [-0.1, -0.05) is 49.4 Å². The Morgan fingerprint density at radius 2 is 2.11 bits per heavy atom. The van der Waals surface area contributed by atoms with Gasteiger partial charge in [0.1, 0.15) is 0 Å². The average molecular weight is 259 g/mol.